The zero-order valence-electron chi connectivity index (χ0n) is 10.9. The Bertz CT molecular complexity index is 380. The van der Waals surface area contributed by atoms with Crippen LogP contribution in [0, 0.1) is 0 Å². The summed E-state index contributed by atoms with van der Waals surface area (Å²) in [6.07, 6.45) is 0.465. The van der Waals surface area contributed by atoms with Crippen LogP contribution >= 0.6 is 0 Å². The van der Waals surface area contributed by atoms with Crippen LogP contribution in [0.5, 0.6) is 0 Å². The minimum Gasteiger partial charge on any atom is -0.465 e. The highest BCUT2D eigenvalue weighted by molar-refractivity contribution is 7.89. The van der Waals surface area contributed by atoms with Crippen LogP contribution in [-0.4, -0.2) is 45.2 Å². The van der Waals surface area contributed by atoms with Crippen molar-refractivity contribution < 1.29 is 22.7 Å². The Morgan fingerprint density at radius 2 is 1.89 bits per heavy atom. The number of carbonyl (C=O) groups excluding carboxylic acids is 2. The fourth-order valence-corrected chi connectivity index (χ4v) is 2.48. The summed E-state index contributed by atoms with van der Waals surface area (Å²) in [6.45, 7) is 4.75. The molecule has 106 valence electrons. The maximum absolute atomic E-state index is 11.5. The molecule has 0 rings (SSSR count). The lowest BCUT2D eigenvalue weighted by molar-refractivity contribution is -0.143. The molecule has 1 unspecified atom stereocenters. The van der Waals surface area contributed by atoms with E-state index in [4.69, 9.17) is 0 Å². The SMILES string of the molecule is CCCS(=O)(=O)NC(C)C(=O)NCC(=O)OCC. The monoisotopic (exact) mass is 280 g/mol. The van der Waals surface area contributed by atoms with Crippen LogP contribution in [0.4, 0.5) is 0 Å². The van der Waals surface area contributed by atoms with E-state index in [1.165, 1.54) is 6.92 Å². The summed E-state index contributed by atoms with van der Waals surface area (Å²) in [5, 5.41) is 2.29. The molecule has 0 heterocycles. The third-order valence-electron chi connectivity index (χ3n) is 1.93. The van der Waals surface area contributed by atoms with Gasteiger partial charge in [0.05, 0.1) is 18.4 Å². The molecular formula is C10H20N2O5S. The number of sulfonamides is 1. The molecule has 0 bridgehead atoms. The maximum Gasteiger partial charge on any atom is 0.325 e. The van der Waals surface area contributed by atoms with Gasteiger partial charge in [0.1, 0.15) is 6.54 Å². The first kappa shape index (κ1) is 16.9. The lowest BCUT2D eigenvalue weighted by atomic mass is 10.3. The van der Waals surface area contributed by atoms with E-state index in [0.717, 1.165) is 0 Å². The average Bonchev–Trinajstić information content (AvgIpc) is 2.25. The van der Waals surface area contributed by atoms with Gasteiger partial charge in [-0.2, -0.15) is 0 Å². The van der Waals surface area contributed by atoms with E-state index < -0.39 is 27.9 Å². The number of hydrogen-bond acceptors (Lipinski definition) is 5. The molecule has 0 saturated heterocycles. The molecule has 0 radical (unpaired) electrons. The number of amides is 1. The molecule has 18 heavy (non-hydrogen) atoms. The van der Waals surface area contributed by atoms with Gasteiger partial charge in [-0.3, -0.25) is 9.59 Å². The van der Waals surface area contributed by atoms with Crippen molar-refractivity contribution in [3.63, 3.8) is 0 Å². The summed E-state index contributed by atoms with van der Waals surface area (Å²) < 4.78 is 29.6. The van der Waals surface area contributed by atoms with Crippen LogP contribution in [0.3, 0.4) is 0 Å². The van der Waals surface area contributed by atoms with Crippen molar-refractivity contribution in [1.82, 2.24) is 10.0 Å². The largest absolute Gasteiger partial charge is 0.465 e. The molecule has 0 aliphatic heterocycles. The highest BCUT2D eigenvalue weighted by atomic mass is 32.2. The number of hydrogen-bond donors (Lipinski definition) is 2. The Morgan fingerprint density at radius 3 is 2.39 bits per heavy atom. The van der Waals surface area contributed by atoms with Gasteiger partial charge in [0.2, 0.25) is 15.9 Å². The van der Waals surface area contributed by atoms with Gasteiger partial charge in [-0.15, -0.1) is 0 Å². The molecule has 1 amide bonds. The van der Waals surface area contributed by atoms with E-state index in [1.807, 2.05) is 0 Å². The molecule has 0 aromatic rings. The molecule has 0 aromatic carbocycles. The van der Waals surface area contributed by atoms with Crippen molar-refractivity contribution in [1.29, 1.82) is 0 Å². The summed E-state index contributed by atoms with van der Waals surface area (Å²) in [5.74, 6) is -1.17. The second-order valence-electron chi connectivity index (χ2n) is 3.68. The molecular weight excluding hydrogens is 260 g/mol. The lowest BCUT2D eigenvalue weighted by Crippen LogP contribution is -2.46. The number of carbonyl (C=O) groups is 2. The fraction of sp³-hybridized carbons (Fsp3) is 0.800. The summed E-state index contributed by atoms with van der Waals surface area (Å²) in [7, 11) is -3.45. The van der Waals surface area contributed by atoms with E-state index in [-0.39, 0.29) is 18.9 Å². The topological polar surface area (TPSA) is 102 Å². The molecule has 0 spiro atoms. The minimum atomic E-state index is -3.45. The predicted octanol–water partition coefficient (Wildman–Crippen LogP) is -0.616. The standard InChI is InChI=1S/C10H20N2O5S/c1-4-6-18(15,16)12-8(3)10(14)11-7-9(13)17-5-2/h8,12H,4-7H2,1-3H3,(H,11,14). The molecule has 0 aliphatic carbocycles. The first-order chi connectivity index (χ1) is 8.32. The number of ether oxygens (including phenoxy) is 1. The maximum atomic E-state index is 11.5. The van der Waals surface area contributed by atoms with Gasteiger partial charge in [-0.05, 0) is 20.3 Å². The van der Waals surface area contributed by atoms with Crippen LogP contribution in [0.15, 0.2) is 0 Å². The molecule has 1 atom stereocenters. The van der Waals surface area contributed by atoms with Gasteiger partial charge in [-0.25, -0.2) is 13.1 Å². The van der Waals surface area contributed by atoms with Crippen molar-refractivity contribution in [2.45, 2.75) is 33.2 Å². The second kappa shape index (κ2) is 8.04. The molecule has 0 aliphatic rings. The van der Waals surface area contributed by atoms with Crippen LogP contribution in [-0.2, 0) is 24.3 Å². The number of rotatable bonds is 8. The van der Waals surface area contributed by atoms with E-state index >= 15 is 0 Å². The highest BCUT2D eigenvalue weighted by Crippen LogP contribution is 1.92. The van der Waals surface area contributed by atoms with Gasteiger partial charge in [-0.1, -0.05) is 6.92 Å². The van der Waals surface area contributed by atoms with Crippen molar-refractivity contribution in [3.05, 3.63) is 0 Å². The lowest BCUT2D eigenvalue weighted by Gasteiger charge is -2.13. The van der Waals surface area contributed by atoms with E-state index in [2.05, 4.69) is 14.8 Å². The molecule has 2 N–H and O–H groups in total. The smallest absolute Gasteiger partial charge is 0.325 e. The summed E-state index contributed by atoms with van der Waals surface area (Å²) in [6, 6.07) is -0.920. The molecule has 8 heteroatoms. The van der Waals surface area contributed by atoms with Crippen molar-refractivity contribution >= 4 is 21.9 Å². The third kappa shape index (κ3) is 7.23. The first-order valence-corrected chi connectivity index (χ1v) is 7.41. The summed E-state index contributed by atoms with van der Waals surface area (Å²) >= 11 is 0. The quantitative estimate of drug-likeness (QED) is 0.577. The van der Waals surface area contributed by atoms with Gasteiger partial charge in [0.15, 0.2) is 0 Å². The summed E-state index contributed by atoms with van der Waals surface area (Å²) in [5.41, 5.74) is 0. The number of nitrogens with one attached hydrogen (secondary N) is 2. The first-order valence-electron chi connectivity index (χ1n) is 5.75. The zero-order valence-corrected chi connectivity index (χ0v) is 11.7. The molecule has 7 nitrogen and oxygen atoms in total. The van der Waals surface area contributed by atoms with Gasteiger partial charge >= 0.3 is 5.97 Å². The van der Waals surface area contributed by atoms with E-state index in [9.17, 15) is 18.0 Å². The van der Waals surface area contributed by atoms with Gasteiger partial charge in [0, 0.05) is 0 Å². The molecule has 0 saturated carbocycles. The van der Waals surface area contributed by atoms with Crippen molar-refractivity contribution in [3.8, 4) is 0 Å². The summed E-state index contributed by atoms with van der Waals surface area (Å²) in [4.78, 5) is 22.5. The fourth-order valence-electron chi connectivity index (χ4n) is 1.17. The van der Waals surface area contributed by atoms with Gasteiger partial charge in [0.25, 0.3) is 0 Å². The van der Waals surface area contributed by atoms with Crippen molar-refractivity contribution in [2.24, 2.45) is 0 Å². The van der Waals surface area contributed by atoms with Crippen LogP contribution in [0.2, 0.25) is 0 Å². The molecule has 0 aromatic heterocycles. The Balaban J connectivity index is 4.15. The minimum absolute atomic E-state index is 0.0392. The van der Waals surface area contributed by atoms with E-state index in [1.54, 1.807) is 13.8 Å². The second-order valence-corrected chi connectivity index (χ2v) is 5.55. The Morgan fingerprint density at radius 1 is 1.28 bits per heavy atom. The normalized spacial score (nSPS) is 12.8. The molecule has 0 fully saturated rings. The van der Waals surface area contributed by atoms with Crippen LogP contribution < -0.4 is 10.0 Å². The average molecular weight is 280 g/mol. The van der Waals surface area contributed by atoms with Crippen LogP contribution in [0.25, 0.3) is 0 Å². The number of esters is 1. The Kier molecular flexibility index (Phi) is 7.53. The van der Waals surface area contributed by atoms with Gasteiger partial charge < -0.3 is 10.1 Å². The predicted molar refractivity (Wildman–Crippen MR) is 66.3 cm³/mol. The Labute approximate surface area is 107 Å². The third-order valence-corrected chi connectivity index (χ3v) is 3.59. The zero-order chi connectivity index (χ0) is 14.2. The van der Waals surface area contributed by atoms with Crippen LogP contribution in [0.1, 0.15) is 27.2 Å². The Hall–Kier alpha value is -1.15. The van der Waals surface area contributed by atoms with Crippen molar-refractivity contribution in [2.75, 3.05) is 18.9 Å². The van der Waals surface area contributed by atoms with E-state index in [0.29, 0.717) is 6.42 Å². The highest BCUT2D eigenvalue weighted by Gasteiger charge is 2.19.